The monoisotopic (exact) mass is 591 g/mol. The molecule has 1 amide bonds. The summed E-state index contributed by atoms with van der Waals surface area (Å²) in [6.07, 6.45) is 1.80. The highest BCUT2D eigenvalue weighted by Gasteiger charge is 2.33. The van der Waals surface area contributed by atoms with Crippen molar-refractivity contribution in [2.45, 2.75) is 13.5 Å². The second-order valence-corrected chi connectivity index (χ2v) is 10.4. The molecule has 8 heteroatoms. The molecule has 32 heavy (non-hydrogen) atoms. The van der Waals surface area contributed by atoms with Gasteiger partial charge in [0.05, 0.1) is 19.5 Å². The van der Waals surface area contributed by atoms with Crippen LogP contribution in [0.25, 0.3) is 6.08 Å². The Morgan fingerprint density at radius 1 is 1.09 bits per heavy atom. The second kappa shape index (κ2) is 9.87. The van der Waals surface area contributed by atoms with Crippen LogP contribution in [0.2, 0.25) is 0 Å². The summed E-state index contributed by atoms with van der Waals surface area (Å²) in [5, 5.41) is 0. The molecular weight excluding hydrogens is 577 g/mol. The summed E-state index contributed by atoms with van der Waals surface area (Å²) < 4.78 is 21.6. The van der Waals surface area contributed by atoms with Gasteiger partial charge in [0.2, 0.25) is 0 Å². The standard InChI is InChI=1S/C24H16Br2FNO2S2/c1-14-6-8-17(9-7-14)28-23(29)21(32-24(28)31)12-15-10-18(25)22(19(26)11-15)30-13-16-4-2-3-5-20(16)27/h2-12H,13H2,1H3/b21-12+. The van der Waals surface area contributed by atoms with Crippen molar-refractivity contribution in [1.29, 1.82) is 0 Å². The number of hydrogen-bond donors (Lipinski definition) is 0. The third kappa shape index (κ3) is 4.98. The fourth-order valence-electron chi connectivity index (χ4n) is 3.10. The smallest absolute Gasteiger partial charge is 0.270 e. The van der Waals surface area contributed by atoms with Gasteiger partial charge in [-0.2, -0.15) is 0 Å². The van der Waals surface area contributed by atoms with Crippen molar-refractivity contribution in [3.05, 3.63) is 97.0 Å². The van der Waals surface area contributed by atoms with Crippen molar-refractivity contribution >= 4 is 77.8 Å². The number of nitrogens with zero attached hydrogens (tertiary/aromatic N) is 1. The highest BCUT2D eigenvalue weighted by Crippen LogP contribution is 2.39. The lowest BCUT2D eigenvalue weighted by Crippen LogP contribution is -2.27. The largest absolute Gasteiger partial charge is 0.486 e. The van der Waals surface area contributed by atoms with E-state index in [0.717, 1.165) is 16.8 Å². The first kappa shape index (κ1) is 23.2. The van der Waals surface area contributed by atoms with Gasteiger partial charge >= 0.3 is 0 Å². The first-order chi connectivity index (χ1) is 15.3. The van der Waals surface area contributed by atoms with Crippen molar-refractivity contribution in [3.63, 3.8) is 0 Å². The molecule has 0 atom stereocenters. The van der Waals surface area contributed by atoms with Gasteiger partial charge in [0.1, 0.15) is 18.2 Å². The van der Waals surface area contributed by atoms with Crippen molar-refractivity contribution in [3.8, 4) is 5.75 Å². The van der Waals surface area contributed by atoms with E-state index in [4.69, 9.17) is 17.0 Å². The molecule has 1 aliphatic rings. The Labute approximate surface area is 211 Å². The van der Waals surface area contributed by atoms with Gasteiger partial charge in [0.25, 0.3) is 5.91 Å². The Bertz CT molecular complexity index is 1220. The molecular formula is C24H16Br2FNO2S2. The Morgan fingerprint density at radius 2 is 1.75 bits per heavy atom. The number of thioether (sulfide) groups is 1. The molecule has 0 spiro atoms. The molecule has 0 unspecified atom stereocenters. The van der Waals surface area contributed by atoms with E-state index >= 15 is 0 Å². The van der Waals surface area contributed by atoms with Crippen LogP contribution in [0.4, 0.5) is 10.1 Å². The molecule has 0 aromatic heterocycles. The number of benzene rings is 3. The van der Waals surface area contributed by atoms with Gasteiger partial charge in [-0.1, -0.05) is 59.9 Å². The molecule has 0 bridgehead atoms. The van der Waals surface area contributed by atoms with E-state index in [2.05, 4.69) is 31.9 Å². The molecule has 0 N–H and O–H groups in total. The van der Waals surface area contributed by atoms with E-state index in [0.29, 0.717) is 29.5 Å². The van der Waals surface area contributed by atoms with Gasteiger partial charge in [-0.3, -0.25) is 9.69 Å². The third-order valence-corrected chi connectivity index (χ3v) is 7.21. The molecule has 3 aromatic rings. The summed E-state index contributed by atoms with van der Waals surface area (Å²) >= 11 is 13.7. The Balaban J connectivity index is 1.55. The predicted molar refractivity (Wildman–Crippen MR) is 139 cm³/mol. The molecule has 0 aliphatic carbocycles. The van der Waals surface area contributed by atoms with Crippen LogP contribution in [0.5, 0.6) is 5.75 Å². The minimum Gasteiger partial charge on any atom is -0.486 e. The maximum absolute atomic E-state index is 13.9. The molecule has 0 radical (unpaired) electrons. The fourth-order valence-corrected chi connectivity index (χ4v) is 5.85. The summed E-state index contributed by atoms with van der Waals surface area (Å²) in [5.41, 5.74) is 3.13. The molecule has 162 valence electrons. The highest BCUT2D eigenvalue weighted by molar-refractivity contribution is 9.11. The number of anilines is 1. The number of aryl methyl sites for hydroxylation is 1. The maximum atomic E-state index is 13.9. The van der Waals surface area contributed by atoms with Crippen LogP contribution in [0, 0.1) is 12.7 Å². The predicted octanol–water partition coefficient (Wildman–Crippen LogP) is 7.64. The number of amides is 1. The number of ether oxygens (including phenoxy) is 1. The Hall–Kier alpha value is -2.00. The summed E-state index contributed by atoms with van der Waals surface area (Å²) in [4.78, 5) is 15.1. The van der Waals surface area contributed by atoms with Crippen molar-refractivity contribution in [1.82, 2.24) is 0 Å². The average Bonchev–Trinajstić information content (AvgIpc) is 3.02. The SMILES string of the molecule is Cc1ccc(N2C(=O)/C(=C\c3cc(Br)c(OCc4ccccc4F)c(Br)c3)SC2=S)cc1. The molecule has 0 saturated carbocycles. The Morgan fingerprint density at radius 3 is 2.41 bits per heavy atom. The lowest BCUT2D eigenvalue weighted by Gasteiger charge is -2.14. The van der Waals surface area contributed by atoms with E-state index < -0.39 is 0 Å². The normalized spacial score (nSPS) is 15.0. The van der Waals surface area contributed by atoms with Gasteiger partial charge < -0.3 is 4.74 Å². The Kier molecular flexibility index (Phi) is 7.14. The molecule has 3 nitrogen and oxygen atoms in total. The lowest BCUT2D eigenvalue weighted by molar-refractivity contribution is -0.113. The number of thiocarbonyl (C=S) groups is 1. The number of rotatable bonds is 5. The molecule has 4 rings (SSSR count). The average molecular weight is 593 g/mol. The molecule has 1 saturated heterocycles. The summed E-state index contributed by atoms with van der Waals surface area (Å²) in [6, 6.07) is 17.9. The van der Waals surface area contributed by atoms with Crippen LogP contribution in [0.15, 0.2) is 74.5 Å². The zero-order chi connectivity index (χ0) is 22.8. The second-order valence-electron chi connectivity index (χ2n) is 7.05. The zero-order valence-corrected chi connectivity index (χ0v) is 21.6. The molecule has 1 heterocycles. The minimum atomic E-state index is -0.313. The molecule has 1 aliphatic heterocycles. The van der Waals surface area contributed by atoms with Gasteiger partial charge in [0, 0.05) is 5.56 Å². The molecule has 1 fully saturated rings. The van der Waals surface area contributed by atoms with Crippen LogP contribution in [-0.4, -0.2) is 10.2 Å². The quantitative estimate of drug-likeness (QED) is 0.225. The number of hydrogen-bond acceptors (Lipinski definition) is 4. The van der Waals surface area contributed by atoms with E-state index in [1.807, 2.05) is 43.3 Å². The zero-order valence-electron chi connectivity index (χ0n) is 16.8. The van der Waals surface area contributed by atoms with Gasteiger partial charge in [-0.25, -0.2) is 4.39 Å². The third-order valence-electron chi connectivity index (χ3n) is 4.73. The van der Waals surface area contributed by atoms with E-state index in [1.165, 1.54) is 17.8 Å². The summed E-state index contributed by atoms with van der Waals surface area (Å²) in [7, 11) is 0. The van der Waals surface area contributed by atoms with Crippen molar-refractivity contribution in [2.24, 2.45) is 0 Å². The van der Waals surface area contributed by atoms with E-state index in [9.17, 15) is 9.18 Å². The van der Waals surface area contributed by atoms with Crippen molar-refractivity contribution in [2.75, 3.05) is 4.90 Å². The van der Waals surface area contributed by atoms with Gasteiger partial charge in [-0.15, -0.1) is 0 Å². The number of halogens is 3. The van der Waals surface area contributed by atoms with Crippen molar-refractivity contribution < 1.29 is 13.9 Å². The van der Waals surface area contributed by atoms with E-state index in [1.54, 1.807) is 29.2 Å². The number of carbonyl (C=O) groups excluding carboxylic acids is 1. The fraction of sp³-hybridized carbons (Fsp3) is 0.0833. The van der Waals surface area contributed by atoms with Crippen LogP contribution >= 0.6 is 55.8 Å². The lowest BCUT2D eigenvalue weighted by atomic mass is 10.2. The van der Waals surface area contributed by atoms with Gasteiger partial charge in [-0.05, 0) is 80.8 Å². The molecule has 3 aromatic carbocycles. The van der Waals surface area contributed by atoms with E-state index in [-0.39, 0.29) is 18.3 Å². The number of carbonyl (C=O) groups is 1. The first-order valence-electron chi connectivity index (χ1n) is 9.53. The van der Waals surface area contributed by atoms with Crippen LogP contribution < -0.4 is 9.64 Å². The highest BCUT2D eigenvalue weighted by atomic mass is 79.9. The van der Waals surface area contributed by atoms with Gasteiger partial charge in [0.15, 0.2) is 4.32 Å². The van der Waals surface area contributed by atoms with Crippen LogP contribution in [0.1, 0.15) is 16.7 Å². The summed E-state index contributed by atoms with van der Waals surface area (Å²) in [6.45, 7) is 2.09. The van der Waals surface area contributed by atoms with Crippen LogP contribution in [0.3, 0.4) is 0 Å². The maximum Gasteiger partial charge on any atom is 0.270 e. The van der Waals surface area contributed by atoms with Crippen LogP contribution in [-0.2, 0) is 11.4 Å². The minimum absolute atomic E-state index is 0.0957. The first-order valence-corrected chi connectivity index (χ1v) is 12.3. The topological polar surface area (TPSA) is 29.5 Å². The summed E-state index contributed by atoms with van der Waals surface area (Å²) in [5.74, 6) is 0.0838.